The van der Waals surface area contributed by atoms with E-state index in [2.05, 4.69) is 5.32 Å². The van der Waals surface area contributed by atoms with Crippen molar-refractivity contribution in [1.29, 1.82) is 0 Å². The number of hydrogen-bond donors (Lipinski definition) is 2. The van der Waals surface area contributed by atoms with Gasteiger partial charge in [0.05, 0.1) is 17.1 Å². The Hall–Kier alpha value is -2.09. The van der Waals surface area contributed by atoms with Crippen molar-refractivity contribution < 1.29 is 22.7 Å². The highest BCUT2D eigenvalue weighted by atomic mass is 32.2. The van der Waals surface area contributed by atoms with Gasteiger partial charge in [-0.2, -0.15) is 0 Å². The Labute approximate surface area is 135 Å². The largest absolute Gasteiger partial charge is 0.480 e. The summed E-state index contributed by atoms with van der Waals surface area (Å²) < 4.78 is 28.4. The number of hydrogen-bond acceptors (Lipinski definition) is 5. The summed E-state index contributed by atoms with van der Waals surface area (Å²) in [5, 5.41) is 2.66. The molecule has 1 aliphatic rings. The van der Waals surface area contributed by atoms with E-state index in [1.54, 1.807) is 18.2 Å². The van der Waals surface area contributed by atoms with Crippen molar-refractivity contribution in [2.45, 2.75) is 32.4 Å². The highest BCUT2D eigenvalue weighted by Crippen LogP contribution is 2.21. The number of nitrogens with one attached hydrogen (secondary N) is 1. The van der Waals surface area contributed by atoms with Crippen LogP contribution in [0.2, 0.25) is 0 Å². The van der Waals surface area contributed by atoms with E-state index in [9.17, 15) is 18.0 Å². The van der Waals surface area contributed by atoms with Crippen molar-refractivity contribution in [2.75, 3.05) is 11.5 Å². The van der Waals surface area contributed by atoms with Crippen LogP contribution >= 0.6 is 0 Å². The molecule has 1 saturated heterocycles. The molecule has 7 nitrogen and oxygen atoms in total. The fourth-order valence-electron chi connectivity index (χ4n) is 2.40. The van der Waals surface area contributed by atoms with E-state index in [1.807, 2.05) is 6.92 Å². The molecule has 0 radical (unpaired) electrons. The Balaban J connectivity index is 2.04. The highest BCUT2D eigenvalue weighted by molar-refractivity contribution is 7.91. The van der Waals surface area contributed by atoms with Gasteiger partial charge in [0.15, 0.2) is 15.9 Å². The molecule has 23 heavy (non-hydrogen) atoms. The minimum atomic E-state index is -3.07. The molecule has 2 rings (SSSR count). The van der Waals surface area contributed by atoms with Gasteiger partial charge in [-0.25, -0.2) is 8.42 Å². The Bertz CT molecular complexity index is 729. The molecule has 2 amide bonds. The van der Waals surface area contributed by atoms with E-state index in [-0.39, 0.29) is 22.8 Å². The summed E-state index contributed by atoms with van der Waals surface area (Å²) in [5.74, 6) is -0.808. The van der Waals surface area contributed by atoms with Crippen LogP contribution in [0.5, 0.6) is 5.75 Å². The van der Waals surface area contributed by atoms with E-state index in [1.165, 1.54) is 6.92 Å². The summed E-state index contributed by atoms with van der Waals surface area (Å²) in [6.45, 7) is 3.36. The van der Waals surface area contributed by atoms with Crippen LogP contribution in [0.15, 0.2) is 18.2 Å². The van der Waals surface area contributed by atoms with Crippen molar-refractivity contribution in [3.63, 3.8) is 0 Å². The zero-order valence-electron chi connectivity index (χ0n) is 13.0. The van der Waals surface area contributed by atoms with Gasteiger partial charge >= 0.3 is 0 Å². The molecule has 1 heterocycles. The lowest BCUT2D eigenvalue weighted by Crippen LogP contribution is -2.43. The molecule has 1 fully saturated rings. The van der Waals surface area contributed by atoms with Crippen molar-refractivity contribution in [2.24, 2.45) is 5.73 Å². The first-order chi connectivity index (χ1) is 10.7. The fraction of sp³-hybridized carbons (Fsp3) is 0.467. The smallest absolute Gasteiger partial charge is 0.261 e. The molecule has 0 spiro atoms. The zero-order valence-corrected chi connectivity index (χ0v) is 13.9. The van der Waals surface area contributed by atoms with Gasteiger partial charge in [-0.05, 0) is 38.0 Å². The molecular weight excluding hydrogens is 320 g/mol. The molecule has 8 heteroatoms. The van der Waals surface area contributed by atoms with Crippen LogP contribution < -0.4 is 15.8 Å². The summed E-state index contributed by atoms with van der Waals surface area (Å²) in [4.78, 5) is 23.5. The second-order valence-corrected chi connectivity index (χ2v) is 7.96. The number of rotatable bonds is 5. The molecular formula is C15H20N2O5S. The molecule has 0 aromatic heterocycles. The SMILES string of the molecule is Cc1ccc(C(N)=O)c(O[C@@H](C)C(=O)N[C@H]2CCS(=O)(=O)C2)c1. The Morgan fingerprint density at radius 2 is 2.09 bits per heavy atom. The zero-order chi connectivity index (χ0) is 17.2. The van der Waals surface area contributed by atoms with E-state index < -0.39 is 33.8 Å². The average molecular weight is 340 g/mol. The quantitative estimate of drug-likeness (QED) is 0.792. The van der Waals surface area contributed by atoms with Crippen LogP contribution in [-0.4, -0.2) is 43.9 Å². The van der Waals surface area contributed by atoms with E-state index in [4.69, 9.17) is 10.5 Å². The third kappa shape index (κ3) is 4.44. The van der Waals surface area contributed by atoms with Gasteiger partial charge in [0, 0.05) is 6.04 Å². The van der Waals surface area contributed by atoms with Crippen molar-refractivity contribution in [3.05, 3.63) is 29.3 Å². The Morgan fingerprint density at radius 1 is 1.39 bits per heavy atom. The number of benzene rings is 1. The number of ether oxygens (including phenoxy) is 1. The number of primary amides is 1. The normalized spacial score (nSPS) is 20.7. The van der Waals surface area contributed by atoms with Gasteiger partial charge < -0.3 is 15.8 Å². The van der Waals surface area contributed by atoms with E-state index in [0.717, 1.165) is 5.56 Å². The number of amides is 2. The summed E-state index contributed by atoms with van der Waals surface area (Å²) in [6, 6.07) is 4.50. The monoisotopic (exact) mass is 340 g/mol. The highest BCUT2D eigenvalue weighted by Gasteiger charge is 2.30. The molecule has 0 bridgehead atoms. The van der Waals surface area contributed by atoms with Crippen LogP contribution in [0, 0.1) is 6.92 Å². The predicted molar refractivity (Wildman–Crippen MR) is 85.0 cm³/mol. The number of sulfone groups is 1. The maximum Gasteiger partial charge on any atom is 0.261 e. The van der Waals surface area contributed by atoms with Gasteiger partial charge in [-0.1, -0.05) is 6.07 Å². The number of carbonyl (C=O) groups excluding carboxylic acids is 2. The van der Waals surface area contributed by atoms with Crippen LogP contribution in [-0.2, 0) is 14.6 Å². The molecule has 0 unspecified atom stereocenters. The lowest BCUT2D eigenvalue weighted by molar-refractivity contribution is -0.127. The maximum atomic E-state index is 12.1. The topological polar surface area (TPSA) is 116 Å². The molecule has 126 valence electrons. The van der Waals surface area contributed by atoms with Crippen LogP contribution in [0.25, 0.3) is 0 Å². The first-order valence-corrected chi connectivity index (χ1v) is 9.08. The first-order valence-electron chi connectivity index (χ1n) is 7.26. The third-order valence-corrected chi connectivity index (χ3v) is 5.42. The number of aryl methyl sites for hydroxylation is 1. The van der Waals surface area contributed by atoms with Crippen molar-refractivity contribution in [3.8, 4) is 5.75 Å². The Morgan fingerprint density at radius 3 is 2.65 bits per heavy atom. The first kappa shape index (κ1) is 17.3. The van der Waals surface area contributed by atoms with Gasteiger partial charge in [-0.15, -0.1) is 0 Å². The molecule has 1 aromatic carbocycles. The third-order valence-electron chi connectivity index (χ3n) is 3.65. The van der Waals surface area contributed by atoms with Gasteiger partial charge in [0.25, 0.3) is 11.8 Å². The fourth-order valence-corrected chi connectivity index (χ4v) is 4.08. The van der Waals surface area contributed by atoms with Crippen LogP contribution in [0.4, 0.5) is 0 Å². The summed E-state index contributed by atoms with van der Waals surface area (Å²) in [7, 11) is -3.07. The summed E-state index contributed by atoms with van der Waals surface area (Å²) in [6.07, 6.45) is -0.476. The molecule has 1 aliphatic heterocycles. The van der Waals surface area contributed by atoms with Crippen molar-refractivity contribution in [1.82, 2.24) is 5.32 Å². The minimum absolute atomic E-state index is 0.0531. The predicted octanol–water partition coefficient (Wildman–Crippen LogP) is 0.165. The summed E-state index contributed by atoms with van der Waals surface area (Å²) >= 11 is 0. The number of carbonyl (C=O) groups is 2. The van der Waals surface area contributed by atoms with Crippen molar-refractivity contribution >= 4 is 21.7 Å². The Kier molecular flexibility index (Phi) is 4.93. The molecule has 0 aliphatic carbocycles. The van der Waals surface area contributed by atoms with Crippen LogP contribution in [0.1, 0.15) is 29.3 Å². The van der Waals surface area contributed by atoms with Gasteiger partial charge in [-0.3, -0.25) is 9.59 Å². The minimum Gasteiger partial charge on any atom is -0.480 e. The summed E-state index contributed by atoms with van der Waals surface area (Å²) in [5.41, 5.74) is 6.35. The molecule has 2 atom stereocenters. The molecule has 3 N–H and O–H groups in total. The lowest BCUT2D eigenvalue weighted by Gasteiger charge is -2.19. The average Bonchev–Trinajstić information content (AvgIpc) is 2.77. The van der Waals surface area contributed by atoms with Crippen LogP contribution in [0.3, 0.4) is 0 Å². The van der Waals surface area contributed by atoms with E-state index >= 15 is 0 Å². The second kappa shape index (κ2) is 6.57. The van der Waals surface area contributed by atoms with Gasteiger partial charge in [0.2, 0.25) is 0 Å². The number of nitrogens with two attached hydrogens (primary N) is 1. The maximum absolute atomic E-state index is 12.1. The van der Waals surface area contributed by atoms with Gasteiger partial charge in [0.1, 0.15) is 5.75 Å². The second-order valence-electron chi connectivity index (χ2n) is 5.73. The molecule has 0 saturated carbocycles. The molecule has 1 aromatic rings. The van der Waals surface area contributed by atoms with E-state index in [0.29, 0.717) is 6.42 Å². The standard InChI is InChI=1S/C15H20N2O5S/c1-9-3-4-12(14(16)18)13(7-9)22-10(2)15(19)17-11-5-6-23(20,21)8-11/h3-4,7,10-11H,5-6,8H2,1-2H3,(H2,16,18)(H,17,19)/t10-,11-/m0/s1. The lowest BCUT2D eigenvalue weighted by atomic mass is 10.1.